The average molecular weight is 170 g/mol. The van der Waals surface area contributed by atoms with Crippen LogP contribution in [0.1, 0.15) is 27.2 Å². The Morgan fingerprint density at radius 2 is 1.73 bits per heavy atom. The van der Waals surface area contributed by atoms with E-state index in [1.807, 2.05) is 0 Å². The second-order valence-electron chi connectivity index (χ2n) is 3.06. The van der Waals surface area contributed by atoms with Crippen molar-refractivity contribution in [1.29, 1.82) is 0 Å². The second kappa shape index (κ2) is 3.01. The molecule has 0 saturated carbocycles. The lowest BCUT2D eigenvalue weighted by Gasteiger charge is -2.30. The molecule has 11 heavy (non-hydrogen) atoms. The van der Waals surface area contributed by atoms with Crippen molar-refractivity contribution in [2.24, 2.45) is 0 Å². The number of hydrogen-bond donors (Lipinski definition) is 1. The summed E-state index contributed by atoms with van der Waals surface area (Å²) in [5, 5.41) is 8.86. The van der Waals surface area contributed by atoms with Gasteiger partial charge in [0.1, 0.15) is 5.60 Å². The standard InChI is InChI=1S/C7H13F3O/c1-4-5(8)7(9,10)6(2,3)11/h5,11H,4H2,1-3H3/t5-/m1/s1. The van der Waals surface area contributed by atoms with E-state index in [1.165, 1.54) is 6.92 Å². The average Bonchev–Trinajstić information content (AvgIpc) is 1.83. The zero-order chi connectivity index (χ0) is 9.28. The first kappa shape index (κ1) is 10.8. The molecule has 0 spiro atoms. The van der Waals surface area contributed by atoms with Crippen molar-refractivity contribution in [3.63, 3.8) is 0 Å². The van der Waals surface area contributed by atoms with E-state index in [1.54, 1.807) is 0 Å². The Kier molecular flexibility index (Phi) is 2.94. The fraction of sp³-hybridized carbons (Fsp3) is 1.00. The van der Waals surface area contributed by atoms with Crippen LogP contribution in [0.15, 0.2) is 0 Å². The van der Waals surface area contributed by atoms with Gasteiger partial charge in [0, 0.05) is 0 Å². The van der Waals surface area contributed by atoms with Crippen LogP contribution >= 0.6 is 0 Å². The monoisotopic (exact) mass is 170 g/mol. The maximum atomic E-state index is 12.7. The van der Waals surface area contributed by atoms with Crippen LogP contribution in [0.25, 0.3) is 0 Å². The van der Waals surface area contributed by atoms with E-state index in [9.17, 15) is 13.2 Å². The van der Waals surface area contributed by atoms with Crippen LogP contribution in [-0.2, 0) is 0 Å². The second-order valence-corrected chi connectivity index (χ2v) is 3.06. The van der Waals surface area contributed by atoms with Gasteiger partial charge in [0.25, 0.3) is 0 Å². The summed E-state index contributed by atoms with van der Waals surface area (Å²) in [4.78, 5) is 0. The Morgan fingerprint density at radius 1 is 1.36 bits per heavy atom. The van der Waals surface area contributed by atoms with E-state index in [4.69, 9.17) is 5.11 Å². The number of rotatable bonds is 3. The fourth-order valence-corrected chi connectivity index (χ4v) is 0.640. The first-order valence-corrected chi connectivity index (χ1v) is 3.47. The van der Waals surface area contributed by atoms with Gasteiger partial charge in [0.05, 0.1) is 0 Å². The Bertz CT molecular complexity index is 128. The van der Waals surface area contributed by atoms with Crippen molar-refractivity contribution in [3.8, 4) is 0 Å². The van der Waals surface area contributed by atoms with E-state index in [0.29, 0.717) is 0 Å². The van der Waals surface area contributed by atoms with Gasteiger partial charge < -0.3 is 5.11 Å². The van der Waals surface area contributed by atoms with Crippen molar-refractivity contribution < 1.29 is 18.3 Å². The summed E-state index contributed by atoms with van der Waals surface area (Å²) >= 11 is 0. The zero-order valence-electron chi connectivity index (χ0n) is 6.87. The van der Waals surface area contributed by atoms with E-state index in [2.05, 4.69) is 0 Å². The maximum absolute atomic E-state index is 12.7. The molecular formula is C7H13F3O. The van der Waals surface area contributed by atoms with Gasteiger partial charge >= 0.3 is 5.92 Å². The smallest absolute Gasteiger partial charge is 0.306 e. The highest BCUT2D eigenvalue weighted by Gasteiger charge is 2.51. The molecular weight excluding hydrogens is 157 g/mol. The predicted octanol–water partition coefficient (Wildman–Crippen LogP) is 2.14. The molecule has 0 aromatic heterocycles. The third-order valence-corrected chi connectivity index (χ3v) is 1.57. The van der Waals surface area contributed by atoms with E-state index < -0.39 is 17.7 Å². The molecule has 4 heteroatoms. The first-order valence-electron chi connectivity index (χ1n) is 3.47. The highest BCUT2D eigenvalue weighted by atomic mass is 19.3. The van der Waals surface area contributed by atoms with Crippen molar-refractivity contribution in [1.82, 2.24) is 0 Å². The van der Waals surface area contributed by atoms with Crippen LogP contribution in [-0.4, -0.2) is 22.8 Å². The molecule has 0 saturated heterocycles. The number of aliphatic hydroxyl groups is 1. The van der Waals surface area contributed by atoms with Gasteiger partial charge in [-0.2, -0.15) is 0 Å². The minimum atomic E-state index is -3.66. The summed E-state index contributed by atoms with van der Waals surface area (Å²) < 4.78 is 37.9. The van der Waals surface area contributed by atoms with Crippen molar-refractivity contribution >= 4 is 0 Å². The van der Waals surface area contributed by atoms with Crippen molar-refractivity contribution in [2.45, 2.75) is 44.9 Å². The molecule has 1 atom stereocenters. The molecule has 0 bridgehead atoms. The van der Waals surface area contributed by atoms with Gasteiger partial charge in [-0.25, -0.2) is 13.2 Å². The topological polar surface area (TPSA) is 20.2 Å². The molecule has 0 aliphatic heterocycles. The molecule has 0 rings (SSSR count). The van der Waals surface area contributed by atoms with Gasteiger partial charge in [-0.3, -0.25) is 0 Å². The molecule has 1 N–H and O–H groups in total. The lowest BCUT2D eigenvalue weighted by atomic mass is 9.95. The molecule has 0 radical (unpaired) electrons. The zero-order valence-corrected chi connectivity index (χ0v) is 6.87. The first-order chi connectivity index (χ1) is 4.73. The summed E-state index contributed by atoms with van der Waals surface area (Å²) in [5.41, 5.74) is -2.29. The molecule has 0 aliphatic rings. The minimum Gasteiger partial charge on any atom is -0.384 e. The number of hydrogen-bond acceptors (Lipinski definition) is 1. The summed E-state index contributed by atoms with van der Waals surface area (Å²) in [7, 11) is 0. The largest absolute Gasteiger partial charge is 0.384 e. The Labute approximate surface area is 64.2 Å². The molecule has 1 nitrogen and oxygen atoms in total. The summed E-state index contributed by atoms with van der Waals surface area (Å²) in [6, 6.07) is 0. The maximum Gasteiger partial charge on any atom is 0.306 e. The molecule has 68 valence electrons. The van der Waals surface area contributed by atoms with Crippen LogP contribution in [0, 0.1) is 0 Å². The Hall–Kier alpha value is -0.250. The normalized spacial score (nSPS) is 16.6. The lowest BCUT2D eigenvalue weighted by molar-refractivity contribution is -0.198. The van der Waals surface area contributed by atoms with E-state index in [0.717, 1.165) is 13.8 Å². The van der Waals surface area contributed by atoms with Gasteiger partial charge in [-0.05, 0) is 20.3 Å². The summed E-state index contributed by atoms with van der Waals surface area (Å²) in [5.74, 6) is -3.66. The van der Waals surface area contributed by atoms with Gasteiger partial charge in [-0.15, -0.1) is 0 Å². The summed E-state index contributed by atoms with van der Waals surface area (Å²) in [6.45, 7) is 3.11. The van der Waals surface area contributed by atoms with Crippen molar-refractivity contribution in [2.75, 3.05) is 0 Å². The number of halogens is 3. The van der Waals surface area contributed by atoms with Crippen LogP contribution in [0.4, 0.5) is 13.2 Å². The Morgan fingerprint density at radius 3 is 1.82 bits per heavy atom. The van der Waals surface area contributed by atoms with Crippen LogP contribution in [0.2, 0.25) is 0 Å². The minimum absolute atomic E-state index is 0.295. The SMILES string of the molecule is CC[C@@H](F)C(F)(F)C(C)(C)O. The van der Waals surface area contributed by atoms with Crippen LogP contribution in [0.3, 0.4) is 0 Å². The molecule has 0 fully saturated rings. The highest BCUT2D eigenvalue weighted by Crippen LogP contribution is 2.34. The molecule has 0 aromatic rings. The molecule has 0 aromatic carbocycles. The third-order valence-electron chi connectivity index (χ3n) is 1.57. The third kappa shape index (κ3) is 2.09. The van der Waals surface area contributed by atoms with Crippen LogP contribution < -0.4 is 0 Å². The van der Waals surface area contributed by atoms with Gasteiger partial charge in [0.15, 0.2) is 6.17 Å². The van der Waals surface area contributed by atoms with E-state index in [-0.39, 0.29) is 6.42 Å². The molecule has 0 heterocycles. The van der Waals surface area contributed by atoms with Crippen molar-refractivity contribution in [3.05, 3.63) is 0 Å². The lowest BCUT2D eigenvalue weighted by Crippen LogP contribution is -2.49. The molecule has 0 amide bonds. The molecule has 0 unspecified atom stereocenters. The fourth-order valence-electron chi connectivity index (χ4n) is 0.640. The van der Waals surface area contributed by atoms with E-state index >= 15 is 0 Å². The van der Waals surface area contributed by atoms with Gasteiger partial charge in [-0.1, -0.05) is 6.92 Å². The predicted molar refractivity (Wildman–Crippen MR) is 36.4 cm³/mol. The Balaban J connectivity index is 4.45. The highest BCUT2D eigenvalue weighted by molar-refractivity contribution is 4.90. The molecule has 0 aliphatic carbocycles. The van der Waals surface area contributed by atoms with Crippen LogP contribution in [0.5, 0.6) is 0 Å². The quantitative estimate of drug-likeness (QED) is 0.688. The van der Waals surface area contributed by atoms with Gasteiger partial charge in [0.2, 0.25) is 0 Å². The summed E-state index contributed by atoms with van der Waals surface area (Å²) in [6.07, 6.45) is -2.57. The number of alkyl halides is 3.